The molecule has 0 unspecified atom stereocenters. The molecular formula is C22H25N3O5. The molecule has 1 aromatic heterocycles. The van der Waals surface area contributed by atoms with E-state index >= 15 is 0 Å². The van der Waals surface area contributed by atoms with Crippen molar-refractivity contribution in [1.29, 1.82) is 0 Å². The Labute approximate surface area is 173 Å². The number of aromatic nitrogens is 2. The molecule has 0 aliphatic rings. The first-order chi connectivity index (χ1) is 14.5. The molecule has 0 saturated carbocycles. The van der Waals surface area contributed by atoms with Gasteiger partial charge in [-0.3, -0.25) is 14.2 Å². The van der Waals surface area contributed by atoms with Crippen molar-refractivity contribution in [3.8, 4) is 11.5 Å². The molecule has 3 aromatic rings. The molecule has 0 bridgehead atoms. The van der Waals surface area contributed by atoms with Crippen molar-refractivity contribution in [1.82, 2.24) is 9.55 Å². The second-order valence-electron chi connectivity index (χ2n) is 6.86. The molecule has 0 saturated heterocycles. The number of rotatable bonds is 9. The van der Waals surface area contributed by atoms with E-state index in [0.717, 1.165) is 6.42 Å². The first-order valence-corrected chi connectivity index (χ1v) is 9.77. The van der Waals surface area contributed by atoms with Crippen molar-refractivity contribution in [3.05, 3.63) is 63.3 Å². The van der Waals surface area contributed by atoms with E-state index in [9.17, 15) is 14.4 Å². The fourth-order valence-corrected chi connectivity index (χ4v) is 3.27. The number of hydrogen-bond donors (Lipinski definition) is 2. The number of para-hydroxylation sites is 1. The lowest BCUT2D eigenvalue weighted by atomic mass is 10.1. The lowest BCUT2D eigenvalue weighted by Crippen LogP contribution is -2.35. The second kappa shape index (κ2) is 9.78. The number of carbonyl (C=O) groups excluding carboxylic acids is 1. The average Bonchev–Trinajstić information content (AvgIpc) is 2.75. The summed E-state index contributed by atoms with van der Waals surface area (Å²) in [5, 5.41) is 3.32. The summed E-state index contributed by atoms with van der Waals surface area (Å²) in [4.78, 5) is 39.5. The molecule has 8 nitrogen and oxygen atoms in total. The number of H-pyrrole nitrogens is 1. The smallest absolute Gasteiger partial charge is 0.328 e. The minimum absolute atomic E-state index is 0.108. The number of anilines is 1. The number of nitrogens with one attached hydrogen (secondary N) is 2. The highest BCUT2D eigenvalue weighted by Crippen LogP contribution is 2.29. The third-order valence-electron chi connectivity index (χ3n) is 4.84. The van der Waals surface area contributed by atoms with Crippen LogP contribution in [0.5, 0.6) is 11.5 Å². The van der Waals surface area contributed by atoms with Crippen LogP contribution in [0.3, 0.4) is 0 Å². The molecule has 1 heterocycles. The van der Waals surface area contributed by atoms with Crippen molar-refractivity contribution in [3.63, 3.8) is 0 Å². The molecule has 0 fully saturated rings. The van der Waals surface area contributed by atoms with Crippen LogP contribution in [0.25, 0.3) is 10.9 Å². The van der Waals surface area contributed by atoms with Gasteiger partial charge in [-0.15, -0.1) is 0 Å². The van der Waals surface area contributed by atoms with Gasteiger partial charge in [-0.2, -0.15) is 0 Å². The summed E-state index contributed by atoms with van der Waals surface area (Å²) in [5.41, 5.74) is 0.466. The predicted molar refractivity (Wildman–Crippen MR) is 115 cm³/mol. The maximum atomic E-state index is 12.5. The largest absolute Gasteiger partial charge is 0.493 e. The highest BCUT2D eigenvalue weighted by atomic mass is 16.5. The van der Waals surface area contributed by atoms with Crippen LogP contribution in [0.1, 0.15) is 25.7 Å². The van der Waals surface area contributed by atoms with Crippen molar-refractivity contribution in [2.45, 2.75) is 32.2 Å². The lowest BCUT2D eigenvalue weighted by molar-refractivity contribution is -0.116. The van der Waals surface area contributed by atoms with E-state index in [-0.39, 0.29) is 11.5 Å². The number of hydrogen-bond acceptors (Lipinski definition) is 5. The fraction of sp³-hybridized carbons (Fsp3) is 0.318. The maximum absolute atomic E-state index is 12.5. The Morgan fingerprint density at radius 3 is 2.53 bits per heavy atom. The number of amides is 1. The van der Waals surface area contributed by atoms with Gasteiger partial charge in [-0.25, -0.2) is 4.79 Å². The molecular weight excluding hydrogens is 386 g/mol. The lowest BCUT2D eigenvalue weighted by Gasteiger charge is -2.10. The van der Waals surface area contributed by atoms with E-state index in [1.165, 1.54) is 11.7 Å². The van der Waals surface area contributed by atoms with Crippen molar-refractivity contribution < 1.29 is 14.3 Å². The molecule has 1 amide bonds. The van der Waals surface area contributed by atoms with Crippen LogP contribution in [-0.4, -0.2) is 29.7 Å². The molecule has 0 aliphatic heterocycles. The SMILES string of the molecule is COc1ccc(NC(=O)CCCCCn2c(=O)[nH]c3ccccc3c2=O)cc1OC. The van der Waals surface area contributed by atoms with Crippen LogP contribution in [0.4, 0.5) is 5.69 Å². The van der Waals surface area contributed by atoms with Gasteiger partial charge in [-0.05, 0) is 37.1 Å². The van der Waals surface area contributed by atoms with Gasteiger partial charge in [-0.1, -0.05) is 18.6 Å². The fourth-order valence-electron chi connectivity index (χ4n) is 3.27. The van der Waals surface area contributed by atoms with Crippen LogP contribution in [-0.2, 0) is 11.3 Å². The third kappa shape index (κ3) is 4.89. The standard InChI is InChI=1S/C22H25N3O5/c1-29-18-12-11-15(14-19(18)30-2)23-20(26)10-4-3-7-13-25-21(27)16-8-5-6-9-17(16)24-22(25)28/h5-6,8-9,11-12,14H,3-4,7,10,13H2,1-2H3,(H,23,26)(H,24,28). The van der Waals surface area contributed by atoms with Gasteiger partial charge >= 0.3 is 5.69 Å². The van der Waals surface area contributed by atoms with Crippen molar-refractivity contribution in [2.75, 3.05) is 19.5 Å². The van der Waals surface area contributed by atoms with Crippen LogP contribution in [0.15, 0.2) is 52.1 Å². The Balaban J connectivity index is 1.49. The topological polar surface area (TPSA) is 102 Å². The molecule has 0 aliphatic carbocycles. The summed E-state index contributed by atoms with van der Waals surface area (Å²) in [6.07, 6.45) is 2.35. The molecule has 30 heavy (non-hydrogen) atoms. The molecule has 158 valence electrons. The maximum Gasteiger partial charge on any atom is 0.328 e. The number of carbonyl (C=O) groups is 1. The predicted octanol–water partition coefficient (Wildman–Crippen LogP) is 2.91. The van der Waals surface area contributed by atoms with Crippen molar-refractivity contribution in [2.24, 2.45) is 0 Å². The summed E-state index contributed by atoms with van der Waals surface area (Å²) in [6, 6.07) is 12.1. The van der Waals surface area contributed by atoms with E-state index in [1.54, 1.807) is 49.6 Å². The number of unbranched alkanes of at least 4 members (excludes halogenated alkanes) is 2. The second-order valence-corrected chi connectivity index (χ2v) is 6.86. The third-order valence-corrected chi connectivity index (χ3v) is 4.84. The van der Waals surface area contributed by atoms with E-state index in [0.29, 0.717) is 53.9 Å². The summed E-state index contributed by atoms with van der Waals surface area (Å²) in [6.45, 7) is 0.316. The average molecular weight is 411 g/mol. The van der Waals surface area contributed by atoms with E-state index in [1.807, 2.05) is 0 Å². The van der Waals surface area contributed by atoms with Crippen LogP contribution in [0, 0.1) is 0 Å². The quantitative estimate of drug-likeness (QED) is 0.527. The van der Waals surface area contributed by atoms with E-state index in [2.05, 4.69) is 10.3 Å². The molecule has 3 rings (SSSR count). The molecule has 0 spiro atoms. The monoisotopic (exact) mass is 411 g/mol. The first kappa shape index (κ1) is 21.2. The summed E-state index contributed by atoms with van der Waals surface area (Å²) >= 11 is 0. The zero-order valence-corrected chi connectivity index (χ0v) is 17.1. The van der Waals surface area contributed by atoms with Gasteiger partial charge in [0.2, 0.25) is 5.91 Å². The normalized spacial score (nSPS) is 10.7. The summed E-state index contributed by atoms with van der Waals surface area (Å²) < 4.78 is 11.6. The van der Waals surface area contributed by atoms with E-state index < -0.39 is 5.69 Å². The van der Waals surface area contributed by atoms with Crippen LogP contribution in [0.2, 0.25) is 0 Å². The number of ether oxygens (including phenoxy) is 2. The van der Waals surface area contributed by atoms with Gasteiger partial charge in [0.1, 0.15) is 0 Å². The molecule has 2 N–H and O–H groups in total. The highest BCUT2D eigenvalue weighted by Gasteiger charge is 2.09. The molecule has 8 heteroatoms. The number of benzene rings is 2. The summed E-state index contributed by atoms with van der Waals surface area (Å²) in [7, 11) is 3.09. The van der Waals surface area contributed by atoms with Gasteiger partial charge in [0.15, 0.2) is 11.5 Å². The number of aromatic amines is 1. The zero-order valence-electron chi connectivity index (χ0n) is 17.1. The number of methoxy groups -OCH3 is 2. The van der Waals surface area contributed by atoms with Gasteiger partial charge in [0, 0.05) is 24.7 Å². The molecule has 2 aromatic carbocycles. The minimum Gasteiger partial charge on any atom is -0.493 e. The van der Waals surface area contributed by atoms with E-state index in [4.69, 9.17) is 9.47 Å². The van der Waals surface area contributed by atoms with Gasteiger partial charge in [0.05, 0.1) is 25.1 Å². The van der Waals surface area contributed by atoms with Gasteiger partial charge < -0.3 is 19.8 Å². The Hall–Kier alpha value is -3.55. The van der Waals surface area contributed by atoms with Gasteiger partial charge in [0.25, 0.3) is 5.56 Å². The first-order valence-electron chi connectivity index (χ1n) is 9.77. The Morgan fingerprint density at radius 1 is 1.00 bits per heavy atom. The Kier molecular flexibility index (Phi) is 6.90. The molecule has 0 atom stereocenters. The summed E-state index contributed by atoms with van der Waals surface area (Å²) in [5.74, 6) is 1.03. The van der Waals surface area contributed by atoms with Crippen LogP contribution >= 0.6 is 0 Å². The number of fused-ring (bicyclic) bond motifs is 1. The van der Waals surface area contributed by atoms with Crippen molar-refractivity contribution >= 4 is 22.5 Å². The zero-order chi connectivity index (χ0) is 21.5. The van der Waals surface area contributed by atoms with Crippen LogP contribution < -0.4 is 26.0 Å². The Bertz CT molecular complexity index is 1150. The minimum atomic E-state index is -0.412. The highest BCUT2D eigenvalue weighted by molar-refractivity contribution is 5.91. The Morgan fingerprint density at radius 2 is 1.77 bits per heavy atom. The molecule has 0 radical (unpaired) electrons. The number of nitrogens with zero attached hydrogens (tertiary/aromatic N) is 1.